The third kappa shape index (κ3) is 1.81. The van der Waals surface area contributed by atoms with Gasteiger partial charge in [-0.1, -0.05) is 0 Å². The fourth-order valence-electron chi connectivity index (χ4n) is 3.83. The van der Waals surface area contributed by atoms with Crippen LogP contribution in [0.4, 0.5) is 0 Å². The first kappa shape index (κ1) is 10.1. The Balaban J connectivity index is 1.70. The maximum absolute atomic E-state index is 6.10. The molecule has 3 aliphatic rings. The number of fused-ring (bicyclic) bond motifs is 2. The van der Waals surface area contributed by atoms with E-state index in [4.69, 9.17) is 10.5 Å². The highest BCUT2D eigenvalue weighted by molar-refractivity contribution is 4.99. The van der Waals surface area contributed by atoms with Crippen LogP contribution in [0.5, 0.6) is 0 Å². The molecule has 3 nitrogen and oxygen atoms in total. The second-order valence-electron chi connectivity index (χ2n) is 5.41. The summed E-state index contributed by atoms with van der Waals surface area (Å²) in [5, 5.41) is 0. The van der Waals surface area contributed by atoms with Crippen LogP contribution in [0.2, 0.25) is 0 Å². The summed E-state index contributed by atoms with van der Waals surface area (Å²) in [5.41, 5.74) is 6.10. The zero-order valence-electron chi connectivity index (χ0n) is 9.40. The van der Waals surface area contributed by atoms with Crippen molar-refractivity contribution in [3.05, 3.63) is 0 Å². The van der Waals surface area contributed by atoms with Crippen LogP contribution in [0.3, 0.4) is 0 Å². The predicted molar refractivity (Wildman–Crippen MR) is 59.7 cm³/mol. The van der Waals surface area contributed by atoms with Gasteiger partial charge in [-0.15, -0.1) is 0 Å². The van der Waals surface area contributed by atoms with Crippen molar-refractivity contribution in [1.82, 2.24) is 4.90 Å². The van der Waals surface area contributed by atoms with Crippen molar-refractivity contribution in [3.63, 3.8) is 0 Å². The zero-order valence-corrected chi connectivity index (χ0v) is 9.40. The lowest BCUT2D eigenvalue weighted by atomic mass is 9.94. The van der Waals surface area contributed by atoms with Gasteiger partial charge in [0.05, 0.1) is 0 Å². The van der Waals surface area contributed by atoms with E-state index in [-0.39, 0.29) is 0 Å². The minimum Gasteiger partial charge on any atom is -0.381 e. The summed E-state index contributed by atoms with van der Waals surface area (Å²) in [5.74, 6) is 0. The largest absolute Gasteiger partial charge is 0.381 e. The third-order valence-electron chi connectivity index (χ3n) is 4.44. The molecular weight excluding hydrogens is 188 g/mol. The fourth-order valence-corrected chi connectivity index (χ4v) is 3.83. The molecule has 3 heterocycles. The molecule has 86 valence electrons. The lowest BCUT2D eigenvalue weighted by Crippen LogP contribution is -2.53. The lowest BCUT2D eigenvalue weighted by molar-refractivity contribution is -0.00238. The highest BCUT2D eigenvalue weighted by Crippen LogP contribution is 2.38. The quantitative estimate of drug-likeness (QED) is 0.705. The molecule has 2 bridgehead atoms. The molecule has 2 N–H and O–H groups in total. The number of rotatable bonds is 1. The zero-order chi connectivity index (χ0) is 10.3. The van der Waals surface area contributed by atoms with Crippen LogP contribution in [-0.2, 0) is 4.74 Å². The summed E-state index contributed by atoms with van der Waals surface area (Å²) >= 11 is 0. The van der Waals surface area contributed by atoms with Gasteiger partial charge in [0.2, 0.25) is 0 Å². The molecule has 3 heteroatoms. The van der Waals surface area contributed by atoms with E-state index in [0.717, 1.165) is 31.3 Å². The molecular formula is C12H22N2O. The highest BCUT2D eigenvalue weighted by Gasteiger charge is 2.42. The summed E-state index contributed by atoms with van der Waals surface area (Å²) in [6.07, 6.45) is 7.71. The van der Waals surface area contributed by atoms with Gasteiger partial charge in [-0.05, 0) is 38.5 Å². The molecule has 3 rings (SSSR count). The average Bonchev–Trinajstić information content (AvgIpc) is 2.53. The van der Waals surface area contributed by atoms with Crippen molar-refractivity contribution in [1.29, 1.82) is 0 Å². The van der Waals surface area contributed by atoms with Crippen LogP contribution in [0.1, 0.15) is 38.5 Å². The van der Waals surface area contributed by atoms with Gasteiger partial charge in [0, 0.05) is 37.4 Å². The van der Waals surface area contributed by atoms with E-state index in [1.165, 1.54) is 38.5 Å². The van der Waals surface area contributed by atoms with E-state index in [0.29, 0.717) is 6.04 Å². The number of nitrogens with two attached hydrogens (primary N) is 1. The Labute approximate surface area is 91.9 Å². The number of hydrogen-bond acceptors (Lipinski definition) is 3. The third-order valence-corrected chi connectivity index (χ3v) is 4.44. The molecule has 15 heavy (non-hydrogen) atoms. The first-order chi connectivity index (χ1) is 7.34. The lowest BCUT2D eigenvalue weighted by Gasteiger charge is -2.44. The first-order valence-corrected chi connectivity index (χ1v) is 6.45. The van der Waals surface area contributed by atoms with Gasteiger partial charge in [-0.3, -0.25) is 4.90 Å². The summed E-state index contributed by atoms with van der Waals surface area (Å²) in [6, 6.07) is 2.85. The highest BCUT2D eigenvalue weighted by atomic mass is 16.5. The molecule has 0 radical (unpaired) electrons. The van der Waals surface area contributed by atoms with Crippen molar-refractivity contribution in [2.75, 3.05) is 13.2 Å². The molecule has 0 saturated carbocycles. The van der Waals surface area contributed by atoms with Crippen LogP contribution in [-0.4, -0.2) is 42.3 Å². The van der Waals surface area contributed by atoms with Crippen molar-refractivity contribution < 1.29 is 4.74 Å². The van der Waals surface area contributed by atoms with Gasteiger partial charge in [0.25, 0.3) is 0 Å². The molecule has 3 saturated heterocycles. The monoisotopic (exact) mass is 210 g/mol. The molecule has 3 aliphatic heterocycles. The Bertz CT molecular complexity index is 214. The molecule has 0 amide bonds. The van der Waals surface area contributed by atoms with Gasteiger partial charge in [-0.2, -0.15) is 0 Å². The van der Waals surface area contributed by atoms with Crippen molar-refractivity contribution in [3.8, 4) is 0 Å². The second kappa shape index (κ2) is 4.04. The SMILES string of the molecule is NC1CC2CCC(C1)N2C1CCOCC1. The molecule has 0 aromatic carbocycles. The smallest absolute Gasteiger partial charge is 0.0480 e. The van der Waals surface area contributed by atoms with Gasteiger partial charge >= 0.3 is 0 Å². The Hall–Kier alpha value is -0.120. The average molecular weight is 210 g/mol. The van der Waals surface area contributed by atoms with E-state index in [1.54, 1.807) is 0 Å². The minimum absolute atomic E-state index is 0.471. The van der Waals surface area contributed by atoms with Crippen LogP contribution < -0.4 is 5.73 Å². The van der Waals surface area contributed by atoms with Crippen molar-refractivity contribution >= 4 is 0 Å². The van der Waals surface area contributed by atoms with Crippen molar-refractivity contribution in [2.45, 2.75) is 62.7 Å². The maximum atomic E-state index is 6.10. The Morgan fingerprint density at radius 3 is 2.07 bits per heavy atom. The van der Waals surface area contributed by atoms with Gasteiger partial charge in [-0.25, -0.2) is 0 Å². The molecule has 0 spiro atoms. The molecule has 0 aromatic rings. The summed E-state index contributed by atoms with van der Waals surface area (Å²) in [4.78, 5) is 2.80. The van der Waals surface area contributed by atoms with E-state index in [2.05, 4.69) is 4.90 Å². The fraction of sp³-hybridized carbons (Fsp3) is 1.00. The number of ether oxygens (including phenoxy) is 1. The number of piperidine rings is 1. The van der Waals surface area contributed by atoms with E-state index in [9.17, 15) is 0 Å². The van der Waals surface area contributed by atoms with Crippen molar-refractivity contribution in [2.24, 2.45) is 5.73 Å². The van der Waals surface area contributed by atoms with Crippen LogP contribution in [0.15, 0.2) is 0 Å². The Morgan fingerprint density at radius 1 is 0.867 bits per heavy atom. The van der Waals surface area contributed by atoms with Crippen LogP contribution >= 0.6 is 0 Å². The number of nitrogens with zero attached hydrogens (tertiary/aromatic N) is 1. The topological polar surface area (TPSA) is 38.5 Å². The van der Waals surface area contributed by atoms with E-state index in [1.807, 2.05) is 0 Å². The molecule has 2 atom stereocenters. The Kier molecular flexibility index (Phi) is 2.71. The van der Waals surface area contributed by atoms with Crippen LogP contribution in [0.25, 0.3) is 0 Å². The molecule has 0 aromatic heterocycles. The van der Waals surface area contributed by atoms with E-state index >= 15 is 0 Å². The van der Waals surface area contributed by atoms with Gasteiger partial charge < -0.3 is 10.5 Å². The second-order valence-corrected chi connectivity index (χ2v) is 5.41. The Morgan fingerprint density at radius 2 is 1.47 bits per heavy atom. The minimum atomic E-state index is 0.471. The maximum Gasteiger partial charge on any atom is 0.0480 e. The van der Waals surface area contributed by atoms with Gasteiger partial charge in [0.15, 0.2) is 0 Å². The van der Waals surface area contributed by atoms with E-state index < -0.39 is 0 Å². The normalized spacial score (nSPS) is 43.4. The molecule has 0 aliphatic carbocycles. The molecule has 2 unspecified atom stereocenters. The van der Waals surface area contributed by atoms with Gasteiger partial charge in [0.1, 0.15) is 0 Å². The first-order valence-electron chi connectivity index (χ1n) is 6.45. The van der Waals surface area contributed by atoms with Crippen LogP contribution in [0, 0.1) is 0 Å². The summed E-state index contributed by atoms with van der Waals surface area (Å²) in [7, 11) is 0. The summed E-state index contributed by atoms with van der Waals surface area (Å²) in [6.45, 7) is 1.93. The predicted octanol–water partition coefficient (Wildman–Crippen LogP) is 1.12. The number of hydrogen-bond donors (Lipinski definition) is 1. The molecule has 3 fully saturated rings. The standard InChI is InChI=1S/C12H22N2O/c13-9-7-11-1-2-12(8-9)14(11)10-3-5-15-6-4-10/h9-12H,1-8,13H2. The summed E-state index contributed by atoms with van der Waals surface area (Å²) < 4.78 is 5.45.